The van der Waals surface area contributed by atoms with Crippen LogP contribution in [0.25, 0.3) is 5.69 Å². The van der Waals surface area contributed by atoms with Gasteiger partial charge in [0.25, 0.3) is 5.91 Å². The van der Waals surface area contributed by atoms with Crippen molar-refractivity contribution in [1.82, 2.24) is 15.1 Å². The number of methoxy groups -OCH3 is 2. The van der Waals surface area contributed by atoms with Crippen molar-refractivity contribution in [2.75, 3.05) is 20.8 Å². The third kappa shape index (κ3) is 4.71. The Hall–Kier alpha value is -3.28. The molecular formula is C22H25N3O3. The molecule has 0 fully saturated rings. The summed E-state index contributed by atoms with van der Waals surface area (Å²) in [6, 6.07) is 15.5. The number of carbonyl (C=O) groups is 1. The van der Waals surface area contributed by atoms with Crippen molar-refractivity contribution in [2.45, 2.75) is 19.8 Å². The first kappa shape index (κ1) is 19.5. The zero-order chi connectivity index (χ0) is 19.9. The highest BCUT2D eigenvalue weighted by Crippen LogP contribution is 2.23. The Morgan fingerprint density at radius 1 is 1.07 bits per heavy atom. The summed E-state index contributed by atoms with van der Waals surface area (Å²) >= 11 is 0. The molecule has 3 rings (SSSR count). The number of nitrogens with zero attached hydrogens (tertiary/aromatic N) is 2. The van der Waals surface area contributed by atoms with Gasteiger partial charge in [0.2, 0.25) is 0 Å². The number of aromatic nitrogens is 2. The number of rotatable bonds is 8. The zero-order valence-electron chi connectivity index (χ0n) is 16.4. The molecule has 0 spiro atoms. The summed E-state index contributed by atoms with van der Waals surface area (Å²) in [7, 11) is 3.27. The van der Waals surface area contributed by atoms with Crippen LogP contribution in [0.3, 0.4) is 0 Å². The van der Waals surface area contributed by atoms with E-state index in [0.29, 0.717) is 18.0 Å². The second-order valence-electron chi connectivity index (χ2n) is 6.53. The second kappa shape index (κ2) is 9.08. The van der Waals surface area contributed by atoms with Gasteiger partial charge < -0.3 is 14.8 Å². The lowest BCUT2D eigenvalue weighted by Gasteiger charge is -2.09. The topological polar surface area (TPSA) is 65.4 Å². The number of amides is 1. The van der Waals surface area contributed by atoms with E-state index in [2.05, 4.69) is 10.4 Å². The molecule has 146 valence electrons. The summed E-state index contributed by atoms with van der Waals surface area (Å²) in [4.78, 5) is 12.4. The van der Waals surface area contributed by atoms with Crippen molar-refractivity contribution < 1.29 is 14.3 Å². The summed E-state index contributed by atoms with van der Waals surface area (Å²) in [5, 5.41) is 7.32. The van der Waals surface area contributed by atoms with Crippen LogP contribution in [-0.2, 0) is 6.42 Å². The van der Waals surface area contributed by atoms with Gasteiger partial charge in [-0.15, -0.1) is 0 Å². The van der Waals surface area contributed by atoms with E-state index in [1.165, 1.54) is 5.56 Å². The molecule has 0 radical (unpaired) electrons. The average Bonchev–Trinajstić information content (AvgIpc) is 3.21. The molecule has 1 heterocycles. The predicted octanol–water partition coefficient (Wildman–Crippen LogP) is 3.56. The van der Waals surface area contributed by atoms with E-state index in [1.807, 2.05) is 49.4 Å². The van der Waals surface area contributed by atoms with Gasteiger partial charge in [0.05, 0.1) is 14.2 Å². The van der Waals surface area contributed by atoms with Gasteiger partial charge in [-0.05, 0) is 61.2 Å². The molecule has 0 saturated heterocycles. The minimum Gasteiger partial charge on any atom is -0.497 e. The van der Waals surface area contributed by atoms with Crippen LogP contribution < -0.4 is 14.8 Å². The Balaban J connectivity index is 1.55. The molecule has 1 amide bonds. The Morgan fingerprint density at radius 2 is 1.86 bits per heavy atom. The number of carbonyl (C=O) groups excluding carboxylic acids is 1. The van der Waals surface area contributed by atoms with Crippen molar-refractivity contribution in [3.8, 4) is 17.2 Å². The highest BCUT2D eigenvalue weighted by Gasteiger charge is 2.12. The zero-order valence-corrected chi connectivity index (χ0v) is 16.4. The maximum absolute atomic E-state index is 12.4. The van der Waals surface area contributed by atoms with Crippen LogP contribution in [0, 0.1) is 6.92 Å². The lowest BCUT2D eigenvalue weighted by molar-refractivity contribution is 0.0948. The molecule has 0 atom stereocenters. The molecule has 6 nitrogen and oxygen atoms in total. The van der Waals surface area contributed by atoms with Crippen LogP contribution in [0.4, 0.5) is 0 Å². The number of aryl methyl sites for hydroxylation is 2. The molecule has 0 bridgehead atoms. The molecule has 28 heavy (non-hydrogen) atoms. The first-order valence-corrected chi connectivity index (χ1v) is 9.22. The number of nitrogens with one attached hydrogen (secondary N) is 1. The van der Waals surface area contributed by atoms with Crippen LogP contribution in [0.2, 0.25) is 0 Å². The molecule has 3 aromatic rings. The van der Waals surface area contributed by atoms with Gasteiger partial charge >= 0.3 is 0 Å². The summed E-state index contributed by atoms with van der Waals surface area (Å²) in [5.41, 5.74) is 3.50. The van der Waals surface area contributed by atoms with E-state index in [0.717, 1.165) is 29.8 Å². The molecule has 6 heteroatoms. The van der Waals surface area contributed by atoms with Crippen molar-refractivity contribution in [1.29, 1.82) is 0 Å². The van der Waals surface area contributed by atoms with Crippen molar-refractivity contribution in [3.05, 3.63) is 71.5 Å². The Morgan fingerprint density at radius 3 is 2.57 bits per heavy atom. The number of hydrogen-bond acceptors (Lipinski definition) is 4. The molecule has 2 aromatic carbocycles. The summed E-state index contributed by atoms with van der Waals surface area (Å²) in [6.45, 7) is 2.59. The van der Waals surface area contributed by atoms with Gasteiger partial charge in [-0.2, -0.15) is 5.10 Å². The number of hydrogen-bond donors (Lipinski definition) is 1. The first-order chi connectivity index (χ1) is 13.6. The van der Waals surface area contributed by atoms with Gasteiger partial charge in [-0.25, -0.2) is 4.68 Å². The molecule has 0 aliphatic rings. The molecule has 1 aromatic heterocycles. The lowest BCUT2D eigenvalue weighted by atomic mass is 10.1. The smallest absolute Gasteiger partial charge is 0.271 e. The lowest BCUT2D eigenvalue weighted by Crippen LogP contribution is -2.25. The van der Waals surface area contributed by atoms with E-state index >= 15 is 0 Å². The minimum absolute atomic E-state index is 0.180. The summed E-state index contributed by atoms with van der Waals surface area (Å²) in [5.74, 6) is 1.37. The van der Waals surface area contributed by atoms with Gasteiger partial charge in [-0.1, -0.05) is 18.2 Å². The highest BCUT2D eigenvalue weighted by molar-refractivity contribution is 5.92. The van der Waals surface area contributed by atoms with Gasteiger partial charge in [0.1, 0.15) is 17.2 Å². The molecular weight excluding hydrogens is 354 g/mol. The standard InChI is InChI=1S/C22H25N3O3/c1-16-6-11-21(28-3)20(15-16)25-14-12-19(24-25)22(26)23-13-4-5-17-7-9-18(27-2)10-8-17/h6-12,14-15H,4-5,13H2,1-3H3,(H,23,26). The molecule has 0 aliphatic heterocycles. The Kier molecular flexibility index (Phi) is 6.32. The third-order valence-electron chi connectivity index (χ3n) is 4.49. The first-order valence-electron chi connectivity index (χ1n) is 9.22. The van der Waals surface area contributed by atoms with Crippen molar-refractivity contribution >= 4 is 5.91 Å². The largest absolute Gasteiger partial charge is 0.497 e. The maximum Gasteiger partial charge on any atom is 0.271 e. The number of benzene rings is 2. The van der Waals surface area contributed by atoms with Crippen LogP contribution in [0.15, 0.2) is 54.7 Å². The minimum atomic E-state index is -0.180. The predicted molar refractivity (Wildman–Crippen MR) is 109 cm³/mol. The monoisotopic (exact) mass is 379 g/mol. The van der Waals surface area contributed by atoms with E-state index in [1.54, 1.807) is 31.2 Å². The summed E-state index contributed by atoms with van der Waals surface area (Å²) in [6.07, 6.45) is 3.51. The fourth-order valence-electron chi connectivity index (χ4n) is 2.94. The highest BCUT2D eigenvalue weighted by atomic mass is 16.5. The van der Waals surface area contributed by atoms with E-state index < -0.39 is 0 Å². The van der Waals surface area contributed by atoms with E-state index in [9.17, 15) is 4.79 Å². The van der Waals surface area contributed by atoms with Gasteiger partial charge in [-0.3, -0.25) is 4.79 Å². The normalized spacial score (nSPS) is 10.5. The van der Waals surface area contributed by atoms with Crippen LogP contribution >= 0.6 is 0 Å². The Bertz CT molecular complexity index is 932. The van der Waals surface area contributed by atoms with E-state index in [4.69, 9.17) is 9.47 Å². The Labute approximate surface area is 165 Å². The van der Waals surface area contributed by atoms with Gasteiger partial charge in [0.15, 0.2) is 5.69 Å². The fourth-order valence-corrected chi connectivity index (χ4v) is 2.94. The van der Waals surface area contributed by atoms with Crippen molar-refractivity contribution in [2.24, 2.45) is 0 Å². The number of ether oxygens (including phenoxy) is 2. The third-order valence-corrected chi connectivity index (χ3v) is 4.49. The van der Waals surface area contributed by atoms with E-state index in [-0.39, 0.29) is 5.91 Å². The summed E-state index contributed by atoms with van der Waals surface area (Å²) < 4.78 is 12.2. The molecule has 0 saturated carbocycles. The molecule has 0 aliphatic carbocycles. The fraction of sp³-hybridized carbons (Fsp3) is 0.273. The van der Waals surface area contributed by atoms with Crippen LogP contribution in [0.5, 0.6) is 11.5 Å². The van der Waals surface area contributed by atoms with Crippen LogP contribution in [0.1, 0.15) is 28.0 Å². The average molecular weight is 379 g/mol. The second-order valence-corrected chi connectivity index (χ2v) is 6.53. The van der Waals surface area contributed by atoms with Crippen LogP contribution in [-0.4, -0.2) is 36.5 Å². The molecule has 0 unspecified atom stereocenters. The molecule has 1 N–H and O–H groups in total. The van der Waals surface area contributed by atoms with Crippen molar-refractivity contribution in [3.63, 3.8) is 0 Å². The SMILES string of the molecule is COc1ccc(CCCNC(=O)c2ccn(-c3cc(C)ccc3OC)n2)cc1. The quantitative estimate of drug-likeness (QED) is 0.608. The van der Waals surface area contributed by atoms with Gasteiger partial charge in [0, 0.05) is 12.7 Å². The maximum atomic E-state index is 12.4.